The minimum atomic E-state index is -0.0501. The van der Waals surface area contributed by atoms with Crippen molar-refractivity contribution in [1.29, 1.82) is 0 Å². The predicted molar refractivity (Wildman–Crippen MR) is 57.1 cm³/mol. The molecule has 0 radical (unpaired) electrons. The lowest BCUT2D eigenvalue weighted by molar-refractivity contribution is -0.137. The fourth-order valence-corrected chi connectivity index (χ4v) is 2.45. The molecule has 1 heterocycles. The largest absolute Gasteiger partial charge is 0.465 e. The van der Waals surface area contributed by atoms with E-state index in [2.05, 4.69) is 12.1 Å². The molecule has 0 amide bonds. The summed E-state index contributed by atoms with van der Waals surface area (Å²) in [5.41, 5.74) is 1.26. The Balaban J connectivity index is 1.85. The first-order chi connectivity index (χ1) is 6.86. The van der Waals surface area contributed by atoms with Gasteiger partial charge >= 0.3 is 5.97 Å². The van der Waals surface area contributed by atoms with E-state index in [9.17, 15) is 4.79 Å². The first kappa shape index (κ1) is 9.59. The van der Waals surface area contributed by atoms with Gasteiger partial charge in [0.25, 0.3) is 0 Å². The van der Waals surface area contributed by atoms with Gasteiger partial charge in [-0.05, 0) is 5.56 Å². The van der Waals surface area contributed by atoms with E-state index in [0.717, 1.165) is 12.2 Å². The number of hydrogen-bond acceptors (Lipinski definition) is 3. The molecular formula is C11H12O2S. The molecule has 1 unspecified atom stereocenters. The van der Waals surface area contributed by atoms with Crippen LogP contribution < -0.4 is 0 Å². The van der Waals surface area contributed by atoms with Crippen LogP contribution in [0.2, 0.25) is 0 Å². The first-order valence-corrected chi connectivity index (χ1v) is 5.73. The first-order valence-electron chi connectivity index (χ1n) is 4.68. The summed E-state index contributed by atoms with van der Waals surface area (Å²) in [7, 11) is 0. The van der Waals surface area contributed by atoms with Crippen LogP contribution in [0.5, 0.6) is 0 Å². The maximum absolute atomic E-state index is 11.2. The molecule has 1 aromatic carbocycles. The number of carbonyl (C=O) groups is 1. The Hall–Kier alpha value is -0.960. The van der Waals surface area contributed by atoms with E-state index >= 15 is 0 Å². The van der Waals surface area contributed by atoms with Crippen molar-refractivity contribution in [2.24, 2.45) is 0 Å². The summed E-state index contributed by atoms with van der Waals surface area (Å²) in [5, 5.41) is 0.0511. The Morgan fingerprint density at radius 1 is 1.36 bits per heavy atom. The molecule has 0 bridgehead atoms. The molecular weight excluding hydrogens is 196 g/mol. The third kappa shape index (κ3) is 2.29. The molecule has 0 spiro atoms. The minimum absolute atomic E-state index is 0.0501. The van der Waals surface area contributed by atoms with Gasteiger partial charge in [-0.15, -0.1) is 11.8 Å². The van der Waals surface area contributed by atoms with Crippen molar-refractivity contribution in [3.05, 3.63) is 35.9 Å². The second-order valence-corrected chi connectivity index (χ2v) is 4.43. The molecule has 0 N–H and O–H groups in total. The van der Waals surface area contributed by atoms with E-state index in [1.165, 1.54) is 5.56 Å². The molecule has 0 aliphatic carbocycles. The van der Waals surface area contributed by atoms with Gasteiger partial charge in [-0.2, -0.15) is 0 Å². The molecule has 1 fully saturated rings. The quantitative estimate of drug-likeness (QED) is 0.712. The molecule has 0 saturated carbocycles. The summed E-state index contributed by atoms with van der Waals surface area (Å²) in [5.74, 6) is 0.839. The van der Waals surface area contributed by atoms with Crippen LogP contribution in [-0.4, -0.2) is 17.8 Å². The molecule has 1 aliphatic heterocycles. The third-order valence-corrected chi connectivity index (χ3v) is 3.51. The van der Waals surface area contributed by atoms with Crippen LogP contribution in [0.25, 0.3) is 0 Å². The highest BCUT2D eigenvalue weighted by Gasteiger charge is 2.26. The van der Waals surface area contributed by atoms with E-state index in [-0.39, 0.29) is 11.2 Å². The Bertz CT molecular complexity index is 310. The fraction of sp³-hybridized carbons (Fsp3) is 0.364. The van der Waals surface area contributed by atoms with Crippen molar-refractivity contribution in [2.45, 2.75) is 17.4 Å². The average Bonchev–Trinajstić information content (AvgIpc) is 2.63. The zero-order chi connectivity index (χ0) is 9.80. The predicted octanol–water partition coefficient (Wildman–Crippen LogP) is 2.24. The number of thioether (sulfide) groups is 1. The van der Waals surface area contributed by atoms with Crippen LogP contribution in [0.4, 0.5) is 0 Å². The molecule has 3 heteroatoms. The molecule has 1 aromatic rings. The normalized spacial score (nSPS) is 20.9. The van der Waals surface area contributed by atoms with Crippen LogP contribution in [0.1, 0.15) is 12.0 Å². The molecule has 0 aromatic heterocycles. The molecule has 14 heavy (non-hydrogen) atoms. The van der Waals surface area contributed by atoms with Gasteiger partial charge in [0, 0.05) is 12.2 Å². The van der Waals surface area contributed by atoms with Crippen molar-refractivity contribution in [2.75, 3.05) is 6.61 Å². The number of benzene rings is 1. The number of rotatable bonds is 3. The van der Waals surface area contributed by atoms with Crippen molar-refractivity contribution >= 4 is 17.7 Å². The van der Waals surface area contributed by atoms with Gasteiger partial charge in [-0.25, -0.2) is 0 Å². The number of ether oxygens (including phenoxy) is 1. The Morgan fingerprint density at radius 3 is 2.79 bits per heavy atom. The third-order valence-electron chi connectivity index (χ3n) is 2.18. The fourth-order valence-electron chi connectivity index (χ4n) is 1.40. The highest BCUT2D eigenvalue weighted by Crippen LogP contribution is 2.25. The van der Waals surface area contributed by atoms with E-state index in [0.29, 0.717) is 6.61 Å². The molecule has 2 nitrogen and oxygen atoms in total. The number of carbonyl (C=O) groups excluding carboxylic acids is 1. The van der Waals surface area contributed by atoms with Crippen molar-refractivity contribution in [1.82, 2.24) is 0 Å². The van der Waals surface area contributed by atoms with Crippen LogP contribution in [0, 0.1) is 0 Å². The van der Waals surface area contributed by atoms with Gasteiger partial charge in [-0.1, -0.05) is 30.3 Å². The number of hydrogen-bond donors (Lipinski definition) is 0. The van der Waals surface area contributed by atoms with E-state index in [1.807, 2.05) is 18.2 Å². The summed E-state index contributed by atoms with van der Waals surface area (Å²) in [4.78, 5) is 11.2. The van der Waals surface area contributed by atoms with Crippen molar-refractivity contribution in [3.63, 3.8) is 0 Å². The van der Waals surface area contributed by atoms with E-state index in [1.54, 1.807) is 11.8 Å². The smallest absolute Gasteiger partial charge is 0.319 e. The Morgan fingerprint density at radius 2 is 2.14 bits per heavy atom. The molecule has 1 atom stereocenters. The highest BCUT2D eigenvalue weighted by molar-refractivity contribution is 7.99. The van der Waals surface area contributed by atoms with Gasteiger partial charge in [0.1, 0.15) is 5.25 Å². The van der Waals surface area contributed by atoms with Gasteiger partial charge in [-0.3, -0.25) is 4.79 Å². The van der Waals surface area contributed by atoms with E-state index < -0.39 is 0 Å². The molecule has 1 aliphatic rings. The Kier molecular flexibility index (Phi) is 3.09. The van der Waals surface area contributed by atoms with Gasteiger partial charge < -0.3 is 4.74 Å². The van der Waals surface area contributed by atoms with Gasteiger partial charge in [0.15, 0.2) is 0 Å². The lowest BCUT2D eigenvalue weighted by Crippen LogP contribution is -2.09. The van der Waals surface area contributed by atoms with Crippen LogP contribution >= 0.6 is 11.8 Å². The lowest BCUT2D eigenvalue weighted by atomic mass is 10.2. The summed E-state index contributed by atoms with van der Waals surface area (Å²) in [6.45, 7) is 0.589. The molecule has 1 saturated heterocycles. The summed E-state index contributed by atoms with van der Waals surface area (Å²) in [6.07, 6.45) is 0.857. The topological polar surface area (TPSA) is 26.3 Å². The number of cyclic esters (lactones) is 1. The van der Waals surface area contributed by atoms with Crippen LogP contribution in [0.3, 0.4) is 0 Å². The zero-order valence-corrected chi connectivity index (χ0v) is 8.63. The average molecular weight is 208 g/mol. The van der Waals surface area contributed by atoms with Crippen LogP contribution in [-0.2, 0) is 15.3 Å². The minimum Gasteiger partial charge on any atom is -0.465 e. The standard InChI is InChI=1S/C11H12O2S/c12-11-10(6-7-13-11)14-8-9-4-2-1-3-5-9/h1-5,10H,6-8H2. The zero-order valence-electron chi connectivity index (χ0n) is 7.81. The lowest BCUT2D eigenvalue weighted by Gasteiger charge is -2.04. The second kappa shape index (κ2) is 4.51. The summed E-state index contributed by atoms with van der Waals surface area (Å²) in [6, 6.07) is 10.2. The highest BCUT2D eigenvalue weighted by atomic mass is 32.2. The summed E-state index contributed by atoms with van der Waals surface area (Å²) >= 11 is 1.67. The van der Waals surface area contributed by atoms with Gasteiger partial charge in [0.05, 0.1) is 6.61 Å². The molecule has 2 rings (SSSR count). The van der Waals surface area contributed by atoms with Crippen molar-refractivity contribution < 1.29 is 9.53 Å². The monoisotopic (exact) mass is 208 g/mol. The van der Waals surface area contributed by atoms with E-state index in [4.69, 9.17) is 4.74 Å². The summed E-state index contributed by atoms with van der Waals surface area (Å²) < 4.78 is 4.89. The maximum Gasteiger partial charge on any atom is 0.319 e. The molecule has 74 valence electrons. The number of esters is 1. The van der Waals surface area contributed by atoms with Crippen LogP contribution in [0.15, 0.2) is 30.3 Å². The maximum atomic E-state index is 11.2. The van der Waals surface area contributed by atoms with Crippen molar-refractivity contribution in [3.8, 4) is 0 Å². The Labute approximate surface area is 87.6 Å². The second-order valence-electron chi connectivity index (χ2n) is 3.24. The van der Waals surface area contributed by atoms with Gasteiger partial charge in [0.2, 0.25) is 0 Å². The SMILES string of the molecule is O=C1OCCC1SCc1ccccc1.